The molecule has 6 rings (SSSR count). The molecular weight excluding hydrogens is 466 g/mol. The van der Waals surface area contributed by atoms with Crippen LogP contribution in [0.15, 0.2) is 53.3 Å². The van der Waals surface area contributed by atoms with Crippen LogP contribution in [0.5, 0.6) is 0 Å². The van der Waals surface area contributed by atoms with Crippen molar-refractivity contribution in [2.24, 2.45) is 0 Å². The third-order valence-electron chi connectivity index (χ3n) is 6.80. The SMILES string of the molecule is Nc1nc2c(ccn2CCN2CCN(CCc3ccc(F)cc3F)CC2)c2nc(-c3ccco3)nn12. The maximum atomic E-state index is 13.9. The molecule has 11 heteroatoms. The van der Waals surface area contributed by atoms with Gasteiger partial charge in [-0.05, 0) is 36.2 Å². The molecule has 186 valence electrons. The van der Waals surface area contributed by atoms with Gasteiger partial charge >= 0.3 is 0 Å². The maximum absolute atomic E-state index is 13.9. The summed E-state index contributed by atoms with van der Waals surface area (Å²) in [4.78, 5) is 14.0. The lowest BCUT2D eigenvalue weighted by Crippen LogP contribution is -2.47. The fourth-order valence-electron chi connectivity index (χ4n) is 4.74. The zero-order valence-corrected chi connectivity index (χ0v) is 19.6. The first-order valence-corrected chi connectivity index (χ1v) is 12.0. The lowest BCUT2D eigenvalue weighted by atomic mass is 10.1. The number of nitrogens with two attached hydrogens (primary N) is 1. The van der Waals surface area contributed by atoms with Crippen molar-refractivity contribution in [1.29, 1.82) is 0 Å². The molecule has 0 aliphatic carbocycles. The van der Waals surface area contributed by atoms with E-state index in [2.05, 4.69) is 29.4 Å². The summed E-state index contributed by atoms with van der Waals surface area (Å²) in [5.74, 6) is 0.306. The summed E-state index contributed by atoms with van der Waals surface area (Å²) in [5, 5.41) is 5.33. The monoisotopic (exact) mass is 492 g/mol. The van der Waals surface area contributed by atoms with Crippen molar-refractivity contribution in [2.45, 2.75) is 13.0 Å². The molecule has 0 unspecified atom stereocenters. The molecule has 9 nitrogen and oxygen atoms in total. The van der Waals surface area contributed by atoms with Gasteiger partial charge in [0.2, 0.25) is 11.8 Å². The van der Waals surface area contributed by atoms with Crippen LogP contribution >= 0.6 is 0 Å². The van der Waals surface area contributed by atoms with Crippen LogP contribution in [0.3, 0.4) is 0 Å². The van der Waals surface area contributed by atoms with Crippen molar-refractivity contribution in [2.75, 3.05) is 45.0 Å². The molecule has 0 amide bonds. The molecule has 1 aromatic carbocycles. The molecule has 0 bridgehead atoms. The lowest BCUT2D eigenvalue weighted by molar-refractivity contribution is 0.130. The summed E-state index contributed by atoms with van der Waals surface area (Å²) in [6.45, 7) is 6.10. The molecule has 0 saturated carbocycles. The number of hydrogen-bond acceptors (Lipinski definition) is 7. The highest BCUT2D eigenvalue weighted by Gasteiger charge is 2.19. The van der Waals surface area contributed by atoms with Crippen LogP contribution in [0.2, 0.25) is 0 Å². The predicted molar refractivity (Wildman–Crippen MR) is 131 cm³/mol. The first-order chi connectivity index (χ1) is 17.5. The van der Waals surface area contributed by atoms with Gasteiger partial charge in [0.1, 0.15) is 17.3 Å². The number of nitrogen functional groups attached to an aromatic ring is 1. The largest absolute Gasteiger partial charge is 0.461 e. The molecular formula is C25H26F2N8O. The molecule has 1 fully saturated rings. The second kappa shape index (κ2) is 9.32. The average Bonchev–Trinajstić information content (AvgIpc) is 3.62. The van der Waals surface area contributed by atoms with E-state index in [0.29, 0.717) is 29.2 Å². The van der Waals surface area contributed by atoms with E-state index in [-0.39, 0.29) is 5.95 Å². The molecule has 36 heavy (non-hydrogen) atoms. The van der Waals surface area contributed by atoms with E-state index in [4.69, 9.17) is 10.2 Å². The standard InChI is InChI=1S/C25H26F2N8O/c26-18-4-3-17(20(27)16-18)5-7-32-9-11-33(12-10-32)13-14-34-8-6-19-23(34)30-25(28)35-24(19)29-22(31-35)21-2-1-15-36-21/h1-4,6,8,15-16H,5,7,9-14H2,(H2,28,30). The van der Waals surface area contributed by atoms with E-state index in [1.807, 2.05) is 18.3 Å². The second-order valence-corrected chi connectivity index (χ2v) is 9.03. The Hall–Kier alpha value is -3.83. The van der Waals surface area contributed by atoms with Gasteiger partial charge in [-0.25, -0.2) is 13.8 Å². The summed E-state index contributed by atoms with van der Waals surface area (Å²) in [6.07, 6.45) is 4.17. The van der Waals surface area contributed by atoms with Crippen molar-refractivity contribution in [1.82, 2.24) is 33.9 Å². The van der Waals surface area contributed by atoms with Crippen LogP contribution in [0.25, 0.3) is 28.3 Å². The molecule has 1 saturated heterocycles. The van der Waals surface area contributed by atoms with Gasteiger partial charge in [0.25, 0.3) is 0 Å². The van der Waals surface area contributed by atoms with Crippen molar-refractivity contribution in [3.05, 3.63) is 66.1 Å². The van der Waals surface area contributed by atoms with E-state index < -0.39 is 11.6 Å². The number of fused-ring (bicyclic) bond motifs is 3. The highest BCUT2D eigenvalue weighted by molar-refractivity contribution is 5.91. The Morgan fingerprint density at radius 2 is 1.72 bits per heavy atom. The summed E-state index contributed by atoms with van der Waals surface area (Å²) >= 11 is 0. The van der Waals surface area contributed by atoms with Crippen molar-refractivity contribution in [3.63, 3.8) is 0 Å². The number of furan rings is 1. The Morgan fingerprint density at radius 3 is 2.47 bits per heavy atom. The quantitative estimate of drug-likeness (QED) is 0.373. The average molecular weight is 493 g/mol. The first kappa shape index (κ1) is 22.6. The Labute approximate surface area is 205 Å². The maximum Gasteiger partial charge on any atom is 0.225 e. The van der Waals surface area contributed by atoms with E-state index in [1.54, 1.807) is 16.8 Å². The molecule has 1 aliphatic heterocycles. The molecule has 0 spiro atoms. The lowest BCUT2D eigenvalue weighted by Gasteiger charge is -2.34. The number of aromatic nitrogens is 5. The van der Waals surface area contributed by atoms with Crippen LogP contribution in [0.4, 0.5) is 14.7 Å². The van der Waals surface area contributed by atoms with Gasteiger partial charge in [0, 0.05) is 58.1 Å². The van der Waals surface area contributed by atoms with Crippen molar-refractivity contribution < 1.29 is 13.2 Å². The van der Waals surface area contributed by atoms with Crippen molar-refractivity contribution in [3.8, 4) is 11.6 Å². The van der Waals surface area contributed by atoms with Crippen LogP contribution in [0.1, 0.15) is 5.56 Å². The Morgan fingerprint density at radius 1 is 0.917 bits per heavy atom. The summed E-state index contributed by atoms with van der Waals surface area (Å²) in [6, 6.07) is 9.39. The Bertz CT molecular complexity index is 1500. The van der Waals surface area contributed by atoms with Gasteiger partial charge in [-0.2, -0.15) is 9.50 Å². The van der Waals surface area contributed by atoms with Crippen LogP contribution in [-0.2, 0) is 13.0 Å². The number of hydrogen-bond donors (Lipinski definition) is 1. The number of nitrogens with zero attached hydrogens (tertiary/aromatic N) is 7. The zero-order chi connectivity index (χ0) is 24.6. The fourth-order valence-corrected chi connectivity index (χ4v) is 4.74. The topological polar surface area (TPSA) is 93.6 Å². The van der Waals surface area contributed by atoms with Gasteiger partial charge in [-0.15, -0.1) is 5.10 Å². The van der Waals surface area contributed by atoms with Gasteiger partial charge in [0.05, 0.1) is 11.6 Å². The second-order valence-electron chi connectivity index (χ2n) is 9.03. The predicted octanol–water partition coefficient (Wildman–Crippen LogP) is 3.06. The summed E-state index contributed by atoms with van der Waals surface area (Å²) in [5.41, 5.74) is 8.19. The number of anilines is 1. The third-order valence-corrected chi connectivity index (χ3v) is 6.80. The van der Waals surface area contributed by atoms with Crippen LogP contribution < -0.4 is 5.73 Å². The summed E-state index contributed by atoms with van der Waals surface area (Å²) < 4.78 is 36.1. The third kappa shape index (κ3) is 4.31. The van der Waals surface area contributed by atoms with Crippen molar-refractivity contribution >= 4 is 22.6 Å². The van der Waals surface area contributed by atoms with Crippen LogP contribution in [-0.4, -0.2) is 73.2 Å². The zero-order valence-electron chi connectivity index (χ0n) is 19.6. The van der Waals surface area contributed by atoms with Gasteiger partial charge in [-0.1, -0.05) is 6.07 Å². The van der Waals surface area contributed by atoms with E-state index in [9.17, 15) is 8.78 Å². The Balaban J connectivity index is 1.08. The fraction of sp³-hybridized carbons (Fsp3) is 0.320. The molecule has 1 aliphatic rings. The summed E-state index contributed by atoms with van der Waals surface area (Å²) in [7, 11) is 0. The smallest absolute Gasteiger partial charge is 0.225 e. The van der Waals surface area contributed by atoms with Crippen LogP contribution in [0, 0.1) is 11.6 Å². The number of benzene rings is 1. The molecule has 0 atom stereocenters. The molecule has 5 heterocycles. The first-order valence-electron chi connectivity index (χ1n) is 12.0. The highest BCUT2D eigenvalue weighted by atomic mass is 19.1. The molecule has 4 aromatic heterocycles. The Kier molecular flexibility index (Phi) is 5.86. The molecule has 0 radical (unpaired) electrons. The molecule has 5 aromatic rings. The minimum absolute atomic E-state index is 0.272. The van der Waals surface area contributed by atoms with E-state index >= 15 is 0 Å². The normalized spacial score (nSPS) is 15.4. The minimum atomic E-state index is -0.539. The van der Waals surface area contributed by atoms with E-state index in [0.717, 1.165) is 62.9 Å². The number of rotatable bonds is 7. The number of halogens is 2. The number of piperazine rings is 1. The molecule has 2 N–H and O–H groups in total. The minimum Gasteiger partial charge on any atom is -0.461 e. The van der Waals surface area contributed by atoms with Gasteiger partial charge < -0.3 is 19.6 Å². The van der Waals surface area contributed by atoms with Gasteiger partial charge in [-0.3, -0.25) is 4.90 Å². The van der Waals surface area contributed by atoms with E-state index in [1.165, 1.54) is 12.1 Å². The highest BCUT2D eigenvalue weighted by Crippen LogP contribution is 2.24. The van der Waals surface area contributed by atoms with Gasteiger partial charge in [0.15, 0.2) is 11.4 Å².